The largest absolute Gasteiger partial charge is 0.308 e. The number of pyridine rings is 1. The van der Waals surface area contributed by atoms with E-state index in [-0.39, 0.29) is 0 Å². The smallest absolute Gasteiger partial charge is 0.0942 e. The molecule has 9 aromatic carbocycles. The Kier molecular flexibility index (Phi) is 7.65. The maximum absolute atomic E-state index is 4.89. The number of anilines is 3. The molecule has 0 saturated heterocycles. The van der Waals surface area contributed by atoms with Crippen LogP contribution in [0.3, 0.4) is 0 Å². The van der Waals surface area contributed by atoms with Gasteiger partial charge in [-0.15, -0.1) is 0 Å². The molecule has 0 unspecified atom stereocenters. The second-order valence-electron chi connectivity index (χ2n) is 14.7. The molecule has 0 radical (unpaired) electrons. The van der Waals surface area contributed by atoms with Gasteiger partial charge in [-0.3, -0.25) is 4.98 Å². The molecule has 0 N–H and O–H groups in total. The minimum absolute atomic E-state index is 0.970. The molecule has 0 atom stereocenters. The van der Waals surface area contributed by atoms with Crippen molar-refractivity contribution in [1.29, 1.82) is 0 Å². The number of aromatic nitrogens is 1. The number of nitrogens with zero attached hydrogens (tertiary/aromatic N) is 2. The highest BCUT2D eigenvalue weighted by molar-refractivity contribution is 6.20. The average molecular weight is 727 g/mol. The Bertz CT molecular complexity index is 2950. The second-order valence-corrected chi connectivity index (χ2v) is 14.7. The highest BCUT2D eigenvalue weighted by Gasteiger charge is 2.24. The normalized spacial score (nSPS) is 11.7. The first-order chi connectivity index (χ1) is 28.3. The highest BCUT2D eigenvalue weighted by atomic mass is 15.1. The molecule has 268 valence electrons. The molecule has 10 aromatic rings. The van der Waals surface area contributed by atoms with Crippen LogP contribution in [0.1, 0.15) is 13.8 Å². The molecule has 0 spiro atoms. The molecule has 1 heterocycles. The molecule has 0 fully saturated rings. The topological polar surface area (TPSA) is 16.1 Å². The molecule has 1 aromatic heterocycles. The summed E-state index contributed by atoms with van der Waals surface area (Å²) in [6.07, 6.45) is 1.89. The molecule has 12 rings (SSSR count). The first-order valence-corrected chi connectivity index (χ1v) is 20.0. The Morgan fingerprint density at radius 3 is 1.23 bits per heavy atom. The molecule has 2 aliphatic carbocycles. The van der Waals surface area contributed by atoms with Gasteiger partial charge in [-0.2, -0.15) is 0 Å². The third-order valence-corrected chi connectivity index (χ3v) is 11.8. The monoisotopic (exact) mass is 726 g/mol. The molecule has 0 aliphatic heterocycles. The first kappa shape index (κ1) is 33.1. The van der Waals surface area contributed by atoms with E-state index in [0.29, 0.717) is 0 Å². The van der Waals surface area contributed by atoms with Gasteiger partial charge in [-0.25, -0.2) is 0 Å². The van der Waals surface area contributed by atoms with E-state index < -0.39 is 0 Å². The van der Waals surface area contributed by atoms with Crippen LogP contribution in [0.2, 0.25) is 0 Å². The van der Waals surface area contributed by atoms with Crippen molar-refractivity contribution in [2.45, 2.75) is 13.8 Å². The second kappa shape index (κ2) is 13.2. The maximum Gasteiger partial charge on any atom is 0.0942 e. The minimum atomic E-state index is 0.970. The summed E-state index contributed by atoms with van der Waals surface area (Å²) >= 11 is 0. The van der Waals surface area contributed by atoms with E-state index in [1.807, 2.05) is 26.1 Å². The van der Waals surface area contributed by atoms with Crippen molar-refractivity contribution >= 4 is 49.5 Å². The van der Waals surface area contributed by atoms with E-state index >= 15 is 0 Å². The van der Waals surface area contributed by atoms with Crippen LogP contribution in [0.5, 0.6) is 0 Å². The Morgan fingerprint density at radius 2 is 0.737 bits per heavy atom. The molecule has 57 heavy (non-hydrogen) atoms. The zero-order valence-electron chi connectivity index (χ0n) is 31.9. The summed E-state index contributed by atoms with van der Waals surface area (Å²) in [7, 11) is 0. The molecule has 2 aliphatic rings. The van der Waals surface area contributed by atoms with Crippen molar-refractivity contribution in [3.8, 4) is 66.8 Å². The Hall–Kier alpha value is -7.29. The van der Waals surface area contributed by atoms with Crippen molar-refractivity contribution in [1.82, 2.24) is 4.98 Å². The molecule has 0 saturated carbocycles. The predicted octanol–water partition coefficient (Wildman–Crippen LogP) is 15.7. The summed E-state index contributed by atoms with van der Waals surface area (Å²) in [6, 6.07) is 68.9. The van der Waals surface area contributed by atoms with Crippen molar-refractivity contribution in [2.75, 3.05) is 4.90 Å². The summed E-state index contributed by atoms with van der Waals surface area (Å²) in [5.41, 5.74) is 19.6. The van der Waals surface area contributed by atoms with Gasteiger partial charge in [-0.05, 0) is 125 Å². The fourth-order valence-electron chi connectivity index (χ4n) is 9.40. The van der Waals surface area contributed by atoms with E-state index in [1.54, 1.807) is 0 Å². The Balaban J connectivity index is 0.00000184. The SMILES string of the molecule is CC.c1ccc2c(c1)-c1cccc3c(-c4ccc(N(c5ccc(-c6ccc7c8c(cccc68)-c6ccccc6-7)cc5)c5cccc6cccnc56)cc4)ccc-2c13. The van der Waals surface area contributed by atoms with Gasteiger partial charge in [0.2, 0.25) is 0 Å². The number of fused-ring (bicyclic) bond motifs is 7. The van der Waals surface area contributed by atoms with Crippen LogP contribution in [0, 0.1) is 0 Å². The van der Waals surface area contributed by atoms with E-state index in [4.69, 9.17) is 4.98 Å². The number of rotatable bonds is 5. The number of benzene rings is 9. The fraction of sp³-hybridized carbons (Fsp3) is 0.0364. The summed E-state index contributed by atoms with van der Waals surface area (Å²) in [5, 5.41) is 6.38. The van der Waals surface area contributed by atoms with Crippen LogP contribution in [0.4, 0.5) is 17.1 Å². The first-order valence-electron chi connectivity index (χ1n) is 20.0. The van der Waals surface area contributed by atoms with Gasteiger partial charge in [0.25, 0.3) is 0 Å². The van der Waals surface area contributed by atoms with Gasteiger partial charge >= 0.3 is 0 Å². The van der Waals surface area contributed by atoms with Crippen molar-refractivity contribution in [3.63, 3.8) is 0 Å². The third kappa shape index (κ3) is 5.01. The molecule has 0 bridgehead atoms. The van der Waals surface area contributed by atoms with Crippen LogP contribution in [0.25, 0.3) is 99.2 Å². The number of para-hydroxylation sites is 1. The molecular weight excluding hydrogens is 689 g/mol. The highest BCUT2D eigenvalue weighted by Crippen LogP contribution is 2.51. The van der Waals surface area contributed by atoms with Gasteiger partial charge in [-0.1, -0.05) is 166 Å². The van der Waals surface area contributed by atoms with Crippen LogP contribution in [-0.2, 0) is 0 Å². The lowest BCUT2D eigenvalue weighted by molar-refractivity contribution is 1.28. The van der Waals surface area contributed by atoms with E-state index in [2.05, 4.69) is 187 Å². The lowest BCUT2D eigenvalue weighted by Crippen LogP contribution is -2.10. The lowest BCUT2D eigenvalue weighted by Gasteiger charge is -2.27. The maximum atomic E-state index is 4.89. The van der Waals surface area contributed by atoms with E-state index in [9.17, 15) is 0 Å². The summed E-state index contributed by atoms with van der Waals surface area (Å²) in [4.78, 5) is 7.23. The fourth-order valence-corrected chi connectivity index (χ4v) is 9.40. The standard InChI is InChI=1S/C53H32N2.C2H6/c1-3-13-42-40(11-1)46-17-6-15-44-38(28-30-48(42)51(44)46)33-20-24-36(25-21-33)55(50-19-5-9-35-10-8-32-54-53(35)50)37-26-22-34(23-27-37)39-29-31-49-43-14-4-2-12-41(43)47-18-7-16-45(39)52(47)49;1-2/h1-32H;1-2H3. The predicted molar refractivity (Wildman–Crippen MR) is 243 cm³/mol. The zero-order valence-corrected chi connectivity index (χ0v) is 31.9. The summed E-state index contributed by atoms with van der Waals surface area (Å²) in [5.74, 6) is 0. The van der Waals surface area contributed by atoms with Crippen molar-refractivity contribution < 1.29 is 0 Å². The Labute approximate surface area is 333 Å². The third-order valence-electron chi connectivity index (χ3n) is 11.8. The van der Waals surface area contributed by atoms with Gasteiger partial charge in [0, 0.05) is 23.0 Å². The summed E-state index contributed by atoms with van der Waals surface area (Å²) in [6.45, 7) is 4.00. The van der Waals surface area contributed by atoms with E-state index in [1.165, 1.54) is 88.3 Å². The van der Waals surface area contributed by atoms with E-state index in [0.717, 1.165) is 28.0 Å². The number of hydrogen-bond donors (Lipinski definition) is 0. The average Bonchev–Trinajstić information content (AvgIpc) is 3.80. The quantitative estimate of drug-likeness (QED) is 0.176. The number of hydrogen-bond acceptors (Lipinski definition) is 2. The van der Waals surface area contributed by atoms with Crippen molar-refractivity contribution in [3.05, 3.63) is 194 Å². The van der Waals surface area contributed by atoms with Crippen LogP contribution < -0.4 is 4.90 Å². The van der Waals surface area contributed by atoms with Gasteiger partial charge in [0.05, 0.1) is 11.2 Å². The van der Waals surface area contributed by atoms with Crippen LogP contribution in [-0.4, -0.2) is 4.98 Å². The van der Waals surface area contributed by atoms with Gasteiger partial charge < -0.3 is 4.90 Å². The molecule has 2 nitrogen and oxygen atoms in total. The molecular formula is C55H38N2. The molecule has 2 heteroatoms. The van der Waals surface area contributed by atoms with Gasteiger partial charge in [0.15, 0.2) is 0 Å². The molecule has 0 amide bonds. The summed E-state index contributed by atoms with van der Waals surface area (Å²) < 4.78 is 0. The van der Waals surface area contributed by atoms with Crippen LogP contribution >= 0.6 is 0 Å². The zero-order chi connectivity index (χ0) is 38.0. The van der Waals surface area contributed by atoms with Gasteiger partial charge in [0.1, 0.15) is 0 Å². The lowest BCUT2D eigenvalue weighted by atomic mass is 9.94. The van der Waals surface area contributed by atoms with Crippen molar-refractivity contribution in [2.24, 2.45) is 0 Å². The Morgan fingerprint density at radius 1 is 0.333 bits per heavy atom. The van der Waals surface area contributed by atoms with Crippen LogP contribution in [0.15, 0.2) is 194 Å². The minimum Gasteiger partial charge on any atom is -0.308 e.